The average Bonchev–Trinajstić information content (AvgIpc) is 3.14. The van der Waals surface area contributed by atoms with Crippen LogP contribution in [0.3, 0.4) is 0 Å². The van der Waals surface area contributed by atoms with Gasteiger partial charge in [0.1, 0.15) is 18.0 Å². The van der Waals surface area contributed by atoms with Crippen molar-refractivity contribution in [3.8, 4) is 5.75 Å². The van der Waals surface area contributed by atoms with E-state index in [0.29, 0.717) is 19.6 Å². The van der Waals surface area contributed by atoms with Gasteiger partial charge in [-0.05, 0) is 42.5 Å². The molecule has 1 saturated carbocycles. The van der Waals surface area contributed by atoms with Crippen molar-refractivity contribution in [1.82, 2.24) is 10.2 Å². The van der Waals surface area contributed by atoms with Gasteiger partial charge in [-0.15, -0.1) is 0 Å². The second-order valence-corrected chi connectivity index (χ2v) is 9.18. The standard InChI is InChI=1S/C26H32N2O4/c29-25-23(32-21-8-2-1-3-9-21)16-22(27-26(30)19-11-14-31-15-12-19)24(25)28-13-10-18-6-4-5-7-20(18)17-28/h1-9,19,22-25,29H,10-17H2,(H,27,30)/t22-,23-,24+,25+/m1/s1. The second-order valence-electron chi connectivity index (χ2n) is 9.18. The van der Waals surface area contributed by atoms with Crippen LogP contribution in [0.15, 0.2) is 54.6 Å². The Morgan fingerprint density at radius 2 is 1.75 bits per heavy atom. The Kier molecular flexibility index (Phi) is 6.44. The number of benzene rings is 2. The first-order chi connectivity index (χ1) is 15.7. The lowest BCUT2D eigenvalue weighted by Crippen LogP contribution is -2.55. The highest BCUT2D eigenvalue weighted by Gasteiger charge is 2.48. The molecule has 0 unspecified atom stereocenters. The molecular weight excluding hydrogens is 404 g/mol. The molecule has 32 heavy (non-hydrogen) atoms. The average molecular weight is 437 g/mol. The zero-order valence-electron chi connectivity index (χ0n) is 18.4. The maximum absolute atomic E-state index is 13.0. The van der Waals surface area contributed by atoms with E-state index in [9.17, 15) is 9.90 Å². The molecule has 0 aromatic heterocycles. The van der Waals surface area contributed by atoms with Crippen LogP contribution in [0.4, 0.5) is 0 Å². The van der Waals surface area contributed by atoms with Gasteiger partial charge in [0.2, 0.25) is 5.91 Å². The third kappa shape index (κ3) is 4.53. The number of hydrogen-bond donors (Lipinski definition) is 2. The second kappa shape index (κ2) is 9.61. The van der Waals surface area contributed by atoms with Crippen molar-refractivity contribution < 1.29 is 19.4 Å². The van der Waals surface area contributed by atoms with Crippen LogP contribution >= 0.6 is 0 Å². The van der Waals surface area contributed by atoms with E-state index in [1.54, 1.807) is 0 Å². The summed E-state index contributed by atoms with van der Waals surface area (Å²) in [6.45, 7) is 2.91. The fourth-order valence-electron chi connectivity index (χ4n) is 5.43. The maximum Gasteiger partial charge on any atom is 0.223 e. The van der Waals surface area contributed by atoms with Gasteiger partial charge in [-0.1, -0.05) is 42.5 Å². The molecule has 1 aliphatic carbocycles. The predicted octanol–water partition coefficient (Wildman–Crippen LogP) is 2.54. The van der Waals surface area contributed by atoms with Gasteiger partial charge in [-0.3, -0.25) is 9.69 Å². The first-order valence-corrected chi connectivity index (χ1v) is 11.8. The summed E-state index contributed by atoms with van der Waals surface area (Å²) in [5.41, 5.74) is 2.67. The van der Waals surface area contributed by atoms with Crippen LogP contribution in [0.1, 0.15) is 30.4 Å². The fourth-order valence-corrected chi connectivity index (χ4v) is 5.43. The van der Waals surface area contributed by atoms with Gasteiger partial charge in [-0.25, -0.2) is 0 Å². The molecule has 2 aromatic rings. The number of nitrogens with zero attached hydrogens (tertiary/aromatic N) is 1. The van der Waals surface area contributed by atoms with Gasteiger partial charge in [-0.2, -0.15) is 0 Å². The predicted molar refractivity (Wildman–Crippen MR) is 121 cm³/mol. The Balaban J connectivity index is 1.35. The molecule has 0 radical (unpaired) electrons. The summed E-state index contributed by atoms with van der Waals surface area (Å²) < 4.78 is 11.6. The van der Waals surface area contributed by atoms with E-state index in [-0.39, 0.29) is 30.0 Å². The first-order valence-electron chi connectivity index (χ1n) is 11.8. The van der Waals surface area contributed by atoms with Crippen LogP contribution in [0.2, 0.25) is 0 Å². The number of hydrogen-bond acceptors (Lipinski definition) is 5. The minimum Gasteiger partial charge on any atom is -0.488 e. The van der Waals surface area contributed by atoms with Gasteiger partial charge in [0.05, 0.1) is 12.1 Å². The number of para-hydroxylation sites is 1. The fraction of sp³-hybridized carbons (Fsp3) is 0.500. The summed E-state index contributed by atoms with van der Waals surface area (Å²) in [6, 6.07) is 17.8. The Hall–Kier alpha value is -2.41. The smallest absolute Gasteiger partial charge is 0.223 e. The molecule has 3 aliphatic rings. The third-order valence-electron chi connectivity index (χ3n) is 7.16. The highest BCUT2D eigenvalue weighted by molar-refractivity contribution is 5.79. The normalized spacial score (nSPS) is 28.8. The number of rotatable bonds is 5. The molecule has 1 saturated heterocycles. The number of fused-ring (bicyclic) bond motifs is 1. The van der Waals surface area contributed by atoms with Gasteiger partial charge >= 0.3 is 0 Å². The summed E-state index contributed by atoms with van der Waals surface area (Å²) in [7, 11) is 0. The van der Waals surface area contributed by atoms with Crippen molar-refractivity contribution in [2.75, 3.05) is 19.8 Å². The van der Waals surface area contributed by atoms with Crippen LogP contribution in [-0.4, -0.2) is 60.0 Å². The van der Waals surface area contributed by atoms with E-state index in [4.69, 9.17) is 9.47 Å². The van der Waals surface area contributed by atoms with Crippen molar-refractivity contribution in [1.29, 1.82) is 0 Å². The molecule has 1 amide bonds. The summed E-state index contributed by atoms with van der Waals surface area (Å²) in [4.78, 5) is 15.4. The van der Waals surface area contributed by atoms with E-state index in [0.717, 1.165) is 38.1 Å². The molecule has 2 aliphatic heterocycles. The molecular formula is C26H32N2O4. The highest BCUT2D eigenvalue weighted by Crippen LogP contribution is 2.33. The zero-order chi connectivity index (χ0) is 21.9. The van der Waals surface area contributed by atoms with Crippen LogP contribution in [0.5, 0.6) is 5.75 Å². The monoisotopic (exact) mass is 436 g/mol. The molecule has 2 fully saturated rings. The summed E-state index contributed by atoms with van der Waals surface area (Å²) in [5.74, 6) is 0.807. The highest BCUT2D eigenvalue weighted by atomic mass is 16.5. The van der Waals surface area contributed by atoms with Gasteiger partial charge in [0.15, 0.2) is 0 Å². The van der Waals surface area contributed by atoms with Crippen molar-refractivity contribution in [2.45, 2.75) is 56.5 Å². The molecule has 0 bridgehead atoms. The van der Waals surface area contributed by atoms with Crippen LogP contribution in [-0.2, 0) is 22.5 Å². The van der Waals surface area contributed by atoms with Crippen LogP contribution < -0.4 is 10.1 Å². The molecule has 2 heterocycles. The Bertz CT molecular complexity index is 915. The van der Waals surface area contributed by atoms with Crippen molar-refractivity contribution in [3.63, 3.8) is 0 Å². The van der Waals surface area contributed by atoms with Crippen molar-refractivity contribution in [2.24, 2.45) is 5.92 Å². The minimum absolute atomic E-state index is 0.0160. The lowest BCUT2D eigenvalue weighted by molar-refractivity contribution is -0.129. The largest absolute Gasteiger partial charge is 0.488 e. The SMILES string of the molecule is O=C(N[C@@H]1C[C@@H](Oc2ccccc2)[C@H](O)[C@H]1N1CCc2ccccc2C1)C1CCOCC1. The molecule has 2 aromatic carbocycles. The topological polar surface area (TPSA) is 71.0 Å². The Morgan fingerprint density at radius 3 is 2.53 bits per heavy atom. The lowest BCUT2D eigenvalue weighted by atomic mass is 9.96. The molecule has 5 rings (SSSR count). The summed E-state index contributed by atoms with van der Waals surface area (Å²) in [6.07, 6.45) is 2.01. The number of amides is 1. The maximum atomic E-state index is 13.0. The van der Waals surface area contributed by atoms with Crippen molar-refractivity contribution in [3.05, 3.63) is 65.7 Å². The summed E-state index contributed by atoms with van der Waals surface area (Å²) in [5, 5.41) is 14.7. The van der Waals surface area contributed by atoms with Crippen molar-refractivity contribution >= 4 is 5.91 Å². The Labute approximate surface area is 189 Å². The number of carbonyl (C=O) groups excluding carboxylic acids is 1. The summed E-state index contributed by atoms with van der Waals surface area (Å²) >= 11 is 0. The molecule has 6 nitrogen and oxygen atoms in total. The van der Waals surface area contributed by atoms with E-state index in [2.05, 4.69) is 34.5 Å². The molecule has 170 valence electrons. The van der Waals surface area contributed by atoms with Crippen LogP contribution in [0.25, 0.3) is 0 Å². The van der Waals surface area contributed by atoms with Crippen LogP contribution in [0, 0.1) is 5.92 Å². The molecule has 6 heteroatoms. The van der Waals surface area contributed by atoms with E-state index < -0.39 is 6.10 Å². The first kappa shape index (κ1) is 21.4. The quantitative estimate of drug-likeness (QED) is 0.754. The van der Waals surface area contributed by atoms with E-state index >= 15 is 0 Å². The Morgan fingerprint density at radius 1 is 1.03 bits per heavy atom. The van der Waals surface area contributed by atoms with E-state index in [1.807, 2.05) is 30.3 Å². The number of aliphatic hydroxyl groups is 1. The minimum atomic E-state index is -0.680. The van der Waals surface area contributed by atoms with E-state index in [1.165, 1.54) is 11.1 Å². The molecule has 0 spiro atoms. The number of carbonyl (C=O) groups is 1. The molecule has 2 N–H and O–H groups in total. The van der Waals surface area contributed by atoms with Gasteiger partial charge in [0, 0.05) is 38.6 Å². The van der Waals surface area contributed by atoms with Gasteiger partial charge in [0.25, 0.3) is 0 Å². The number of nitrogens with one attached hydrogen (secondary N) is 1. The lowest BCUT2D eigenvalue weighted by Gasteiger charge is -2.38. The number of aliphatic hydroxyl groups excluding tert-OH is 1. The van der Waals surface area contributed by atoms with Gasteiger partial charge < -0.3 is 19.9 Å². The zero-order valence-corrected chi connectivity index (χ0v) is 18.4. The molecule has 4 atom stereocenters. The third-order valence-corrected chi connectivity index (χ3v) is 7.16. The number of ether oxygens (including phenoxy) is 2.